The number of benzene rings is 3. The zero-order valence-corrected chi connectivity index (χ0v) is 31.3. The highest BCUT2D eigenvalue weighted by Crippen LogP contribution is 2.53. The van der Waals surface area contributed by atoms with E-state index < -0.39 is 17.5 Å². The number of ketones is 1. The second-order valence-corrected chi connectivity index (χ2v) is 14.1. The van der Waals surface area contributed by atoms with Gasteiger partial charge in [-0.15, -0.1) is 0 Å². The third-order valence-corrected chi connectivity index (χ3v) is 10.2. The Morgan fingerprint density at radius 3 is 1.88 bits per heavy atom. The van der Waals surface area contributed by atoms with Crippen LogP contribution in [0.3, 0.4) is 0 Å². The van der Waals surface area contributed by atoms with E-state index in [2.05, 4.69) is 9.97 Å². The number of hydrogen-bond acceptors (Lipinski definition) is 7. The van der Waals surface area contributed by atoms with Gasteiger partial charge in [0.25, 0.3) is 0 Å². The Balaban J connectivity index is 1.43. The summed E-state index contributed by atoms with van der Waals surface area (Å²) >= 11 is 0. The van der Waals surface area contributed by atoms with Crippen molar-refractivity contribution in [2.75, 3.05) is 14.2 Å². The number of aromatic nitrogens is 4. The molecule has 3 N–H and O–H groups in total. The van der Waals surface area contributed by atoms with Crippen molar-refractivity contribution in [2.45, 2.75) is 25.6 Å². The van der Waals surface area contributed by atoms with Gasteiger partial charge in [-0.3, -0.25) is 4.79 Å². The Bertz CT molecular complexity index is 2780. The minimum atomic E-state index is -2.16. The molecule has 3 aromatic heterocycles. The first kappa shape index (κ1) is 34.8. The smallest absolute Gasteiger partial charge is 0.215 e. The Kier molecular flexibility index (Phi) is 8.51. The van der Waals surface area contributed by atoms with Gasteiger partial charge in [-0.25, -0.2) is 9.97 Å². The number of aromatic amines is 2. The number of aliphatic hydroxyl groups is 1. The van der Waals surface area contributed by atoms with Gasteiger partial charge in [-0.1, -0.05) is 60.7 Å². The van der Waals surface area contributed by atoms with Gasteiger partial charge >= 0.3 is 0 Å². The number of nitrogens with one attached hydrogen (secondary N) is 2. The molecule has 0 saturated carbocycles. The van der Waals surface area contributed by atoms with E-state index in [-0.39, 0.29) is 16.9 Å². The molecule has 0 fully saturated rings. The number of methoxy groups -OCH3 is 2. The maximum Gasteiger partial charge on any atom is 0.215 e. The van der Waals surface area contributed by atoms with Gasteiger partial charge in [0.1, 0.15) is 11.5 Å². The standard InChI is InChI=1S/C47H38N4O5/c1-27(2)56-46-44(45(52)47(46,53)33-26-32(54-3)17-24-40(33)55-4)43-38-22-20-36(50-38)41(28-11-7-5-8-12-28)34-18-15-30(48-34)25-31-16-19-35(49-31)42(29-13-9-6-10-14-29)37-21-23-39(43)51-37/h5-27,48,51,53H,1-4H3. The Labute approximate surface area is 323 Å². The first-order valence-electron chi connectivity index (χ1n) is 18.4. The molecular formula is C47H38N4O5. The number of nitrogens with zero attached hydrogens (tertiary/aromatic N) is 2. The van der Waals surface area contributed by atoms with Crippen LogP contribution in [0.25, 0.3) is 74.2 Å². The number of fused-ring (bicyclic) bond motifs is 8. The van der Waals surface area contributed by atoms with Crippen LogP contribution in [0.15, 0.2) is 115 Å². The first-order chi connectivity index (χ1) is 27.3. The molecule has 1 unspecified atom stereocenters. The van der Waals surface area contributed by atoms with Crippen molar-refractivity contribution in [3.05, 3.63) is 149 Å². The van der Waals surface area contributed by atoms with Crippen molar-refractivity contribution in [1.82, 2.24) is 19.9 Å². The second-order valence-electron chi connectivity index (χ2n) is 14.1. The fourth-order valence-electron chi connectivity index (χ4n) is 7.67. The fraction of sp³-hybridized carbons (Fsp3) is 0.128. The van der Waals surface area contributed by atoms with Crippen molar-refractivity contribution in [1.29, 1.82) is 0 Å². The quantitative estimate of drug-likeness (QED) is 0.142. The lowest BCUT2D eigenvalue weighted by molar-refractivity contribution is -0.138. The third kappa shape index (κ3) is 5.72. The summed E-state index contributed by atoms with van der Waals surface area (Å²) < 4.78 is 17.6. The van der Waals surface area contributed by atoms with Gasteiger partial charge in [-0.05, 0) is 97.8 Å². The van der Waals surface area contributed by atoms with E-state index in [1.807, 2.05) is 129 Å². The number of carbonyl (C=O) groups is 1. The number of rotatable bonds is 8. The summed E-state index contributed by atoms with van der Waals surface area (Å²) in [4.78, 5) is 32.5. The van der Waals surface area contributed by atoms with Crippen LogP contribution in [0.5, 0.6) is 11.5 Å². The number of carbonyl (C=O) groups excluding carboxylic acids is 1. The molecule has 2 aliphatic heterocycles. The molecule has 9 rings (SSSR count). The summed E-state index contributed by atoms with van der Waals surface area (Å²) in [5, 5.41) is 12.5. The fourth-order valence-corrected chi connectivity index (χ4v) is 7.67. The predicted octanol–water partition coefficient (Wildman–Crippen LogP) is 9.61. The van der Waals surface area contributed by atoms with E-state index in [1.54, 1.807) is 18.2 Å². The van der Waals surface area contributed by atoms with E-state index in [0.29, 0.717) is 34.0 Å². The molecule has 6 aromatic rings. The molecule has 1 atom stereocenters. The van der Waals surface area contributed by atoms with Gasteiger partial charge < -0.3 is 29.3 Å². The number of hydrogen-bond donors (Lipinski definition) is 3. The average molecular weight is 739 g/mol. The van der Waals surface area contributed by atoms with Crippen LogP contribution in [0.1, 0.15) is 47.8 Å². The van der Waals surface area contributed by atoms with Crippen LogP contribution in [0.2, 0.25) is 0 Å². The van der Waals surface area contributed by atoms with Crippen molar-refractivity contribution in [2.24, 2.45) is 0 Å². The molecule has 1 aliphatic carbocycles. The summed E-state index contributed by atoms with van der Waals surface area (Å²) in [6.45, 7) is 3.72. The summed E-state index contributed by atoms with van der Waals surface area (Å²) in [5.41, 5.74) is 8.41. The molecule has 9 nitrogen and oxygen atoms in total. The molecular weight excluding hydrogens is 701 g/mol. The number of ether oxygens (including phenoxy) is 3. The van der Waals surface area contributed by atoms with E-state index >= 15 is 0 Å². The highest BCUT2D eigenvalue weighted by Gasteiger charge is 2.59. The average Bonchev–Trinajstić information content (AvgIpc) is 4.07. The number of H-pyrrole nitrogens is 2. The SMILES string of the molecule is COc1ccc(OC)c(C2(O)C(=O)C(c3c4nc(c(-c5ccccc5)c5ccc(cc6nc(c(-c7ccccc7)c7ccc3[nH]7)C=C6)[nH]5)C=C4)=C2OC(C)C)c1. The molecule has 0 spiro atoms. The van der Waals surface area contributed by atoms with Gasteiger partial charge in [-0.2, -0.15) is 0 Å². The molecule has 3 aromatic carbocycles. The van der Waals surface area contributed by atoms with Gasteiger partial charge in [0.15, 0.2) is 5.76 Å². The topological polar surface area (TPSA) is 122 Å². The Hall–Kier alpha value is -6.97. The summed E-state index contributed by atoms with van der Waals surface area (Å²) in [7, 11) is 3.02. The largest absolute Gasteiger partial charge is 0.497 e. The first-order valence-corrected chi connectivity index (χ1v) is 18.4. The van der Waals surface area contributed by atoms with Crippen LogP contribution >= 0.6 is 0 Å². The van der Waals surface area contributed by atoms with Gasteiger partial charge in [0.05, 0.1) is 48.7 Å². The third-order valence-electron chi connectivity index (χ3n) is 10.2. The highest BCUT2D eigenvalue weighted by atomic mass is 16.5. The molecule has 5 heterocycles. The molecule has 9 heteroatoms. The lowest BCUT2D eigenvalue weighted by Crippen LogP contribution is -2.49. The molecule has 276 valence electrons. The van der Waals surface area contributed by atoms with E-state index in [1.165, 1.54) is 14.2 Å². The molecule has 8 bridgehead atoms. The summed E-state index contributed by atoms with van der Waals surface area (Å²) in [6, 6.07) is 35.2. The molecule has 0 amide bonds. The second kappa shape index (κ2) is 13.7. The van der Waals surface area contributed by atoms with E-state index in [0.717, 1.165) is 50.2 Å². The Morgan fingerprint density at radius 2 is 1.23 bits per heavy atom. The monoisotopic (exact) mass is 738 g/mol. The van der Waals surface area contributed by atoms with Crippen molar-refractivity contribution in [3.63, 3.8) is 0 Å². The van der Waals surface area contributed by atoms with Crippen LogP contribution in [-0.4, -0.2) is 51.1 Å². The van der Waals surface area contributed by atoms with Crippen LogP contribution < -0.4 is 9.47 Å². The number of Topliss-reactive ketones (excluding diaryl/α,β-unsaturated/α-hetero) is 1. The zero-order chi connectivity index (χ0) is 38.6. The van der Waals surface area contributed by atoms with Crippen molar-refractivity contribution >= 4 is 57.7 Å². The lowest BCUT2D eigenvalue weighted by Gasteiger charge is -2.41. The maximum absolute atomic E-state index is 14.9. The highest BCUT2D eigenvalue weighted by molar-refractivity contribution is 6.35. The molecule has 56 heavy (non-hydrogen) atoms. The Morgan fingerprint density at radius 1 is 0.643 bits per heavy atom. The summed E-state index contributed by atoms with van der Waals surface area (Å²) in [6.07, 6.45) is 7.50. The summed E-state index contributed by atoms with van der Waals surface area (Å²) in [5.74, 6) is 0.310. The minimum absolute atomic E-state index is 0.0978. The van der Waals surface area contributed by atoms with Crippen LogP contribution in [0.4, 0.5) is 0 Å². The van der Waals surface area contributed by atoms with E-state index in [4.69, 9.17) is 24.2 Å². The molecule has 0 saturated heterocycles. The van der Waals surface area contributed by atoms with Crippen LogP contribution in [-0.2, 0) is 15.1 Å². The van der Waals surface area contributed by atoms with Crippen molar-refractivity contribution < 1.29 is 24.1 Å². The zero-order valence-electron chi connectivity index (χ0n) is 31.3. The van der Waals surface area contributed by atoms with Gasteiger partial charge in [0.2, 0.25) is 11.4 Å². The van der Waals surface area contributed by atoms with Crippen LogP contribution in [0, 0.1) is 0 Å². The lowest BCUT2D eigenvalue weighted by atomic mass is 9.70. The maximum atomic E-state index is 14.9. The molecule has 0 radical (unpaired) electrons. The predicted molar refractivity (Wildman–Crippen MR) is 221 cm³/mol. The minimum Gasteiger partial charge on any atom is -0.497 e. The normalized spacial score (nSPS) is 16.0. The van der Waals surface area contributed by atoms with Gasteiger partial charge in [0, 0.05) is 44.3 Å². The molecule has 3 aliphatic rings. The van der Waals surface area contributed by atoms with E-state index in [9.17, 15) is 9.90 Å². The van der Waals surface area contributed by atoms with Crippen molar-refractivity contribution in [3.8, 4) is 33.8 Å².